The first-order chi connectivity index (χ1) is 12.9. The van der Waals surface area contributed by atoms with Gasteiger partial charge in [-0.15, -0.1) is 0 Å². The van der Waals surface area contributed by atoms with Crippen LogP contribution in [0.3, 0.4) is 0 Å². The first-order valence-electron chi connectivity index (χ1n) is 8.39. The van der Waals surface area contributed by atoms with Gasteiger partial charge in [0.2, 0.25) is 16.0 Å². The Kier molecular flexibility index (Phi) is 5.88. The summed E-state index contributed by atoms with van der Waals surface area (Å²) in [6, 6.07) is 5.04. The zero-order valence-corrected chi connectivity index (χ0v) is 15.9. The van der Waals surface area contributed by atoms with Crippen LogP contribution in [-0.4, -0.2) is 51.8 Å². The van der Waals surface area contributed by atoms with Crippen LogP contribution in [-0.2, 0) is 21.3 Å². The molecule has 2 heterocycles. The van der Waals surface area contributed by atoms with E-state index >= 15 is 0 Å². The summed E-state index contributed by atoms with van der Waals surface area (Å²) in [5.41, 5.74) is 1.24. The third-order valence-corrected chi connectivity index (χ3v) is 5.47. The minimum Gasteiger partial charge on any atom is -0.495 e. The number of ether oxygens (including phenoxy) is 2. The van der Waals surface area contributed by atoms with Crippen LogP contribution in [0.4, 0.5) is 10.3 Å². The molecule has 1 aliphatic rings. The molecule has 0 radical (unpaired) electrons. The van der Waals surface area contributed by atoms with E-state index in [1.807, 2.05) is 11.8 Å². The highest BCUT2D eigenvalue weighted by molar-refractivity contribution is 7.89. The number of aryl methyl sites for hydroxylation is 1. The maximum absolute atomic E-state index is 13.5. The smallest absolute Gasteiger partial charge is 0.244 e. The van der Waals surface area contributed by atoms with Crippen molar-refractivity contribution >= 4 is 16.0 Å². The molecule has 10 heteroatoms. The van der Waals surface area contributed by atoms with Crippen molar-refractivity contribution < 1.29 is 22.3 Å². The van der Waals surface area contributed by atoms with E-state index in [1.54, 1.807) is 6.07 Å². The summed E-state index contributed by atoms with van der Waals surface area (Å²) < 4.78 is 51.5. The van der Waals surface area contributed by atoms with Crippen molar-refractivity contribution in [2.24, 2.45) is 0 Å². The highest BCUT2D eigenvalue weighted by atomic mass is 32.2. The molecule has 3 rings (SSSR count). The number of halogens is 1. The molecule has 0 atom stereocenters. The predicted molar refractivity (Wildman–Crippen MR) is 96.8 cm³/mol. The van der Waals surface area contributed by atoms with Crippen LogP contribution in [0.1, 0.15) is 11.4 Å². The summed E-state index contributed by atoms with van der Waals surface area (Å²) in [7, 11) is -2.66. The summed E-state index contributed by atoms with van der Waals surface area (Å²) in [6.45, 7) is 4.31. The molecule has 0 spiro atoms. The second-order valence-electron chi connectivity index (χ2n) is 6.02. The maximum Gasteiger partial charge on any atom is 0.244 e. The largest absolute Gasteiger partial charge is 0.495 e. The Labute approximate surface area is 157 Å². The van der Waals surface area contributed by atoms with Gasteiger partial charge in [-0.25, -0.2) is 27.5 Å². The maximum atomic E-state index is 13.5. The van der Waals surface area contributed by atoms with Crippen molar-refractivity contribution in [3.63, 3.8) is 0 Å². The van der Waals surface area contributed by atoms with Crippen LogP contribution in [0.25, 0.3) is 0 Å². The Morgan fingerprint density at radius 2 is 2.00 bits per heavy atom. The van der Waals surface area contributed by atoms with E-state index in [0.717, 1.165) is 17.8 Å². The van der Waals surface area contributed by atoms with E-state index in [-0.39, 0.29) is 17.2 Å². The van der Waals surface area contributed by atoms with Crippen molar-refractivity contribution in [1.82, 2.24) is 14.7 Å². The molecule has 1 fully saturated rings. The summed E-state index contributed by atoms with van der Waals surface area (Å²) in [4.78, 5) is 10.6. The Morgan fingerprint density at radius 3 is 2.70 bits per heavy atom. The Balaban J connectivity index is 1.80. The normalized spacial score (nSPS) is 15.0. The number of morpholine rings is 1. The van der Waals surface area contributed by atoms with E-state index in [0.29, 0.717) is 37.9 Å². The average molecular weight is 396 g/mol. The number of nitrogens with one attached hydrogen (secondary N) is 1. The van der Waals surface area contributed by atoms with Crippen molar-refractivity contribution in [1.29, 1.82) is 0 Å². The molecule has 1 aromatic carbocycles. The van der Waals surface area contributed by atoms with Crippen molar-refractivity contribution in [3.8, 4) is 5.75 Å². The van der Waals surface area contributed by atoms with Gasteiger partial charge in [0.1, 0.15) is 16.5 Å². The third kappa shape index (κ3) is 4.71. The molecular weight excluding hydrogens is 375 g/mol. The molecule has 1 saturated heterocycles. The lowest BCUT2D eigenvalue weighted by Gasteiger charge is -2.27. The minimum absolute atomic E-state index is 0.0529. The number of benzene rings is 1. The molecule has 8 nitrogen and oxygen atoms in total. The van der Waals surface area contributed by atoms with Crippen molar-refractivity contribution in [2.45, 2.75) is 18.4 Å². The van der Waals surface area contributed by atoms with Crippen LogP contribution in [0, 0.1) is 12.7 Å². The molecular formula is C17H21FN4O4S. The minimum atomic E-state index is -3.98. The van der Waals surface area contributed by atoms with Gasteiger partial charge in [-0.05, 0) is 31.2 Å². The summed E-state index contributed by atoms with van der Waals surface area (Å²) in [5.74, 6) is -0.0590. The number of methoxy groups -OCH3 is 1. The van der Waals surface area contributed by atoms with Gasteiger partial charge in [0.05, 0.1) is 32.6 Å². The Hall–Kier alpha value is -2.30. The molecule has 1 aliphatic heterocycles. The van der Waals surface area contributed by atoms with E-state index in [1.165, 1.54) is 13.2 Å². The van der Waals surface area contributed by atoms with Crippen molar-refractivity contribution in [2.75, 3.05) is 38.3 Å². The number of aromatic nitrogens is 2. The number of nitrogens with zero attached hydrogens (tertiary/aromatic N) is 3. The number of hydrogen-bond donors (Lipinski definition) is 1. The van der Waals surface area contributed by atoms with E-state index < -0.39 is 15.8 Å². The van der Waals surface area contributed by atoms with Gasteiger partial charge in [-0.1, -0.05) is 0 Å². The fourth-order valence-electron chi connectivity index (χ4n) is 2.72. The molecule has 27 heavy (non-hydrogen) atoms. The molecule has 1 N–H and O–H groups in total. The van der Waals surface area contributed by atoms with Gasteiger partial charge >= 0.3 is 0 Å². The van der Waals surface area contributed by atoms with E-state index in [9.17, 15) is 12.8 Å². The number of anilines is 1. The fourth-order valence-corrected chi connectivity index (χ4v) is 3.90. The highest BCUT2D eigenvalue weighted by Gasteiger charge is 2.21. The summed E-state index contributed by atoms with van der Waals surface area (Å²) in [6.07, 6.45) is 0. The third-order valence-electron chi connectivity index (χ3n) is 4.05. The second kappa shape index (κ2) is 8.15. The van der Waals surface area contributed by atoms with Gasteiger partial charge < -0.3 is 14.4 Å². The molecule has 146 valence electrons. The molecule has 0 saturated carbocycles. The monoisotopic (exact) mass is 396 g/mol. The highest BCUT2D eigenvalue weighted by Crippen LogP contribution is 2.24. The topological polar surface area (TPSA) is 93.7 Å². The number of rotatable bonds is 6. The van der Waals surface area contributed by atoms with Crippen LogP contribution >= 0.6 is 0 Å². The molecule has 0 bridgehead atoms. The number of sulfonamides is 1. The fraction of sp³-hybridized carbons (Fsp3) is 0.412. The van der Waals surface area contributed by atoms with Gasteiger partial charge in [0.15, 0.2) is 0 Å². The molecule has 0 aliphatic carbocycles. The first-order valence-corrected chi connectivity index (χ1v) is 9.88. The van der Waals surface area contributed by atoms with E-state index in [2.05, 4.69) is 14.7 Å². The van der Waals surface area contributed by atoms with Crippen LogP contribution in [0.5, 0.6) is 5.75 Å². The number of hydrogen-bond acceptors (Lipinski definition) is 7. The quantitative estimate of drug-likeness (QED) is 0.785. The molecule has 0 unspecified atom stereocenters. The van der Waals surface area contributed by atoms with Gasteiger partial charge in [0, 0.05) is 18.8 Å². The molecule has 2 aromatic rings. The SMILES string of the molecule is COc1ccc(F)cc1S(=O)(=O)NCc1cc(C)nc(N2CCOCC2)n1. The first kappa shape index (κ1) is 19.5. The lowest BCUT2D eigenvalue weighted by atomic mass is 10.3. The van der Waals surface area contributed by atoms with Gasteiger partial charge in [0.25, 0.3) is 0 Å². The Morgan fingerprint density at radius 1 is 1.26 bits per heavy atom. The van der Waals surface area contributed by atoms with Crippen LogP contribution in [0.15, 0.2) is 29.2 Å². The Bertz CT molecular complexity index is 917. The zero-order chi connectivity index (χ0) is 19.4. The standard InChI is InChI=1S/C17H21FN4O4S/c1-12-9-14(21-17(20-12)22-5-7-26-8-6-22)11-19-27(23,24)16-10-13(18)3-4-15(16)25-2/h3-4,9-10,19H,5-8,11H2,1-2H3. The van der Waals surface area contributed by atoms with Crippen LogP contribution < -0.4 is 14.4 Å². The molecule has 1 aromatic heterocycles. The lowest BCUT2D eigenvalue weighted by molar-refractivity contribution is 0.122. The van der Waals surface area contributed by atoms with Crippen molar-refractivity contribution in [3.05, 3.63) is 41.5 Å². The molecule has 0 amide bonds. The predicted octanol–water partition coefficient (Wildman–Crippen LogP) is 1.25. The van der Waals surface area contributed by atoms with E-state index in [4.69, 9.17) is 9.47 Å². The lowest BCUT2D eigenvalue weighted by Crippen LogP contribution is -2.37. The van der Waals surface area contributed by atoms with Gasteiger partial charge in [-0.2, -0.15) is 0 Å². The van der Waals surface area contributed by atoms with Gasteiger partial charge in [-0.3, -0.25) is 0 Å². The average Bonchev–Trinajstić information content (AvgIpc) is 2.67. The summed E-state index contributed by atoms with van der Waals surface area (Å²) >= 11 is 0. The summed E-state index contributed by atoms with van der Waals surface area (Å²) in [5, 5.41) is 0. The second-order valence-corrected chi connectivity index (χ2v) is 7.76. The van der Waals surface area contributed by atoms with Crippen LogP contribution in [0.2, 0.25) is 0 Å². The zero-order valence-electron chi connectivity index (χ0n) is 15.1.